The standard InChI is InChI=1S/C11H15N/c1-4-5-10-7-6-9(2)8-11(10)12-3/h5-8H,4H2,1-3H3/b10-5-,12-11?. The molecule has 0 N–H and O–H groups in total. The minimum atomic E-state index is 1.06. The van der Waals surface area contributed by atoms with Gasteiger partial charge in [0.05, 0.1) is 5.71 Å². The molecule has 1 heteroatoms. The Bertz CT molecular complexity index is 277. The van der Waals surface area contributed by atoms with Gasteiger partial charge in [-0.05, 0) is 30.6 Å². The molecule has 64 valence electrons. The number of aliphatic imine (C=N–C) groups is 1. The first-order valence-electron chi connectivity index (χ1n) is 4.31. The molecule has 0 spiro atoms. The molecular weight excluding hydrogens is 146 g/mol. The number of rotatable bonds is 1. The lowest BCUT2D eigenvalue weighted by Crippen LogP contribution is -2.01. The second-order valence-electron chi connectivity index (χ2n) is 2.90. The van der Waals surface area contributed by atoms with Crippen molar-refractivity contribution >= 4 is 5.71 Å². The Balaban J connectivity index is 2.96. The second-order valence-corrected chi connectivity index (χ2v) is 2.90. The lowest BCUT2D eigenvalue weighted by atomic mass is 10.0. The maximum Gasteiger partial charge on any atom is 0.0642 e. The second kappa shape index (κ2) is 4.05. The third-order valence-electron chi connectivity index (χ3n) is 1.85. The highest BCUT2D eigenvalue weighted by Crippen LogP contribution is 2.13. The topological polar surface area (TPSA) is 12.4 Å². The monoisotopic (exact) mass is 161 g/mol. The van der Waals surface area contributed by atoms with Crippen molar-refractivity contribution in [1.29, 1.82) is 0 Å². The number of hydrogen-bond donors (Lipinski definition) is 0. The van der Waals surface area contributed by atoms with Crippen molar-refractivity contribution in [2.24, 2.45) is 4.99 Å². The number of hydrogen-bond acceptors (Lipinski definition) is 1. The highest BCUT2D eigenvalue weighted by atomic mass is 14.7. The van der Waals surface area contributed by atoms with Crippen molar-refractivity contribution in [3.05, 3.63) is 35.5 Å². The van der Waals surface area contributed by atoms with E-state index in [0.29, 0.717) is 0 Å². The maximum absolute atomic E-state index is 4.22. The number of nitrogens with zero attached hydrogens (tertiary/aromatic N) is 1. The summed E-state index contributed by atoms with van der Waals surface area (Å²) < 4.78 is 0. The van der Waals surface area contributed by atoms with E-state index in [1.165, 1.54) is 11.1 Å². The van der Waals surface area contributed by atoms with Crippen LogP contribution in [0.25, 0.3) is 0 Å². The summed E-state index contributed by atoms with van der Waals surface area (Å²) in [5.41, 5.74) is 3.60. The molecule has 0 amide bonds. The fraction of sp³-hybridized carbons (Fsp3) is 0.364. The minimum absolute atomic E-state index is 1.06. The highest BCUT2D eigenvalue weighted by Gasteiger charge is 2.03. The first kappa shape index (κ1) is 8.98. The molecule has 1 nitrogen and oxygen atoms in total. The van der Waals surface area contributed by atoms with E-state index < -0.39 is 0 Å². The van der Waals surface area contributed by atoms with E-state index in [0.717, 1.165) is 12.1 Å². The zero-order chi connectivity index (χ0) is 8.97. The predicted molar refractivity (Wildman–Crippen MR) is 54.6 cm³/mol. The van der Waals surface area contributed by atoms with Gasteiger partial charge in [-0.3, -0.25) is 4.99 Å². The van der Waals surface area contributed by atoms with Crippen LogP contribution in [0.5, 0.6) is 0 Å². The van der Waals surface area contributed by atoms with Crippen LogP contribution in [0.3, 0.4) is 0 Å². The van der Waals surface area contributed by atoms with Gasteiger partial charge in [-0.2, -0.15) is 0 Å². The maximum atomic E-state index is 4.22. The van der Waals surface area contributed by atoms with Gasteiger partial charge in [0.2, 0.25) is 0 Å². The van der Waals surface area contributed by atoms with E-state index in [9.17, 15) is 0 Å². The Kier molecular flexibility index (Phi) is 3.03. The molecule has 0 aromatic heterocycles. The molecule has 1 rings (SSSR count). The van der Waals surface area contributed by atoms with Crippen LogP contribution in [0.1, 0.15) is 20.3 Å². The first-order valence-corrected chi connectivity index (χ1v) is 4.31. The molecule has 0 aliphatic heterocycles. The van der Waals surface area contributed by atoms with Crippen molar-refractivity contribution in [3.63, 3.8) is 0 Å². The molecular formula is C11H15N. The van der Waals surface area contributed by atoms with Gasteiger partial charge in [-0.1, -0.05) is 25.2 Å². The zero-order valence-electron chi connectivity index (χ0n) is 7.96. The Labute approximate surface area is 74.2 Å². The van der Waals surface area contributed by atoms with Crippen LogP contribution in [0.15, 0.2) is 40.4 Å². The van der Waals surface area contributed by atoms with Crippen molar-refractivity contribution in [3.8, 4) is 0 Å². The van der Waals surface area contributed by atoms with Gasteiger partial charge in [0.15, 0.2) is 0 Å². The summed E-state index contributed by atoms with van der Waals surface area (Å²) in [5.74, 6) is 0. The SMILES string of the molecule is CC/C=C1/C=CC(C)=CC1=NC. The van der Waals surface area contributed by atoms with E-state index in [-0.39, 0.29) is 0 Å². The summed E-state index contributed by atoms with van der Waals surface area (Å²) in [6, 6.07) is 0. The molecule has 1 aliphatic rings. The zero-order valence-corrected chi connectivity index (χ0v) is 7.96. The summed E-state index contributed by atoms with van der Waals surface area (Å²) in [6.45, 7) is 4.23. The Morgan fingerprint density at radius 1 is 1.42 bits per heavy atom. The van der Waals surface area contributed by atoms with Gasteiger partial charge in [0, 0.05) is 7.05 Å². The van der Waals surface area contributed by atoms with Gasteiger partial charge in [0.25, 0.3) is 0 Å². The van der Waals surface area contributed by atoms with Crippen molar-refractivity contribution in [1.82, 2.24) is 0 Å². The van der Waals surface area contributed by atoms with Gasteiger partial charge in [-0.15, -0.1) is 0 Å². The summed E-state index contributed by atoms with van der Waals surface area (Å²) >= 11 is 0. The third-order valence-corrected chi connectivity index (χ3v) is 1.85. The molecule has 0 aromatic carbocycles. The van der Waals surface area contributed by atoms with Crippen LogP contribution in [0.2, 0.25) is 0 Å². The Hall–Kier alpha value is -1.11. The Morgan fingerprint density at radius 2 is 2.17 bits per heavy atom. The molecule has 1 aliphatic carbocycles. The smallest absolute Gasteiger partial charge is 0.0642 e. The van der Waals surface area contributed by atoms with Gasteiger partial charge in [0.1, 0.15) is 0 Å². The summed E-state index contributed by atoms with van der Waals surface area (Å²) in [6.07, 6.45) is 9.62. The molecule has 0 heterocycles. The molecule has 0 fully saturated rings. The normalized spacial score (nSPS) is 23.4. The third kappa shape index (κ3) is 1.94. The minimum Gasteiger partial charge on any atom is -0.288 e. The summed E-state index contributed by atoms with van der Waals surface area (Å²) in [7, 11) is 1.84. The molecule has 0 aromatic rings. The highest BCUT2D eigenvalue weighted by molar-refractivity contribution is 6.11. The van der Waals surface area contributed by atoms with Gasteiger partial charge >= 0.3 is 0 Å². The average molecular weight is 161 g/mol. The van der Waals surface area contributed by atoms with Crippen LogP contribution in [-0.2, 0) is 0 Å². The summed E-state index contributed by atoms with van der Waals surface area (Å²) in [5, 5.41) is 0. The Morgan fingerprint density at radius 3 is 2.75 bits per heavy atom. The van der Waals surface area contributed by atoms with Crippen LogP contribution in [0, 0.1) is 0 Å². The van der Waals surface area contributed by atoms with Gasteiger partial charge < -0.3 is 0 Å². The number of allylic oxidation sites excluding steroid dienone is 6. The van der Waals surface area contributed by atoms with E-state index in [4.69, 9.17) is 0 Å². The predicted octanol–water partition coefficient (Wildman–Crippen LogP) is 2.91. The molecule has 0 bridgehead atoms. The molecule has 0 saturated carbocycles. The fourth-order valence-electron chi connectivity index (χ4n) is 1.24. The molecule has 0 radical (unpaired) electrons. The van der Waals surface area contributed by atoms with Crippen LogP contribution >= 0.6 is 0 Å². The van der Waals surface area contributed by atoms with Crippen LogP contribution in [-0.4, -0.2) is 12.8 Å². The van der Waals surface area contributed by atoms with Crippen LogP contribution in [0.4, 0.5) is 0 Å². The molecule has 0 saturated heterocycles. The summed E-state index contributed by atoms with van der Waals surface area (Å²) in [4.78, 5) is 4.22. The van der Waals surface area contributed by atoms with E-state index in [1.54, 1.807) is 0 Å². The lowest BCUT2D eigenvalue weighted by molar-refractivity contribution is 1.21. The van der Waals surface area contributed by atoms with Crippen molar-refractivity contribution in [2.45, 2.75) is 20.3 Å². The van der Waals surface area contributed by atoms with Crippen LogP contribution < -0.4 is 0 Å². The van der Waals surface area contributed by atoms with E-state index in [1.807, 2.05) is 7.05 Å². The largest absolute Gasteiger partial charge is 0.288 e. The van der Waals surface area contributed by atoms with E-state index in [2.05, 4.69) is 43.1 Å². The average Bonchev–Trinajstić information content (AvgIpc) is 2.08. The van der Waals surface area contributed by atoms with Crippen molar-refractivity contribution in [2.75, 3.05) is 7.05 Å². The molecule has 12 heavy (non-hydrogen) atoms. The quantitative estimate of drug-likeness (QED) is 0.560. The van der Waals surface area contributed by atoms with E-state index >= 15 is 0 Å². The fourth-order valence-corrected chi connectivity index (χ4v) is 1.24. The lowest BCUT2D eigenvalue weighted by Gasteiger charge is -2.07. The first-order chi connectivity index (χ1) is 5.77. The van der Waals surface area contributed by atoms with Gasteiger partial charge in [-0.25, -0.2) is 0 Å². The molecule has 0 atom stereocenters. The van der Waals surface area contributed by atoms with Crippen molar-refractivity contribution < 1.29 is 0 Å². The molecule has 0 unspecified atom stereocenters.